The van der Waals surface area contributed by atoms with Crippen molar-refractivity contribution in [3.05, 3.63) is 29.8 Å². The van der Waals surface area contributed by atoms with Gasteiger partial charge >= 0.3 is 0 Å². The first-order valence-electron chi connectivity index (χ1n) is 6.03. The summed E-state index contributed by atoms with van der Waals surface area (Å²) in [6.45, 7) is 6.10. The van der Waals surface area contributed by atoms with Crippen LogP contribution in [-0.2, 0) is 4.74 Å². The van der Waals surface area contributed by atoms with E-state index in [9.17, 15) is 0 Å². The van der Waals surface area contributed by atoms with Crippen molar-refractivity contribution in [3.8, 4) is 5.75 Å². The molecule has 1 aromatic rings. The SMILES string of the molecule is COCC(C)CNC(C)c1ccc(OC)cc1. The zero-order chi connectivity index (χ0) is 12.7. The van der Waals surface area contributed by atoms with Gasteiger partial charge in [-0.3, -0.25) is 0 Å². The molecule has 0 fully saturated rings. The normalized spacial score (nSPS) is 14.4. The summed E-state index contributed by atoms with van der Waals surface area (Å²) in [4.78, 5) is 0. The van der Waals surface area contributed by atoms with E-state index in [4.69, 9.17) is 9.47 Å². The number of methoxy groups -OCH3 is 2. The van der Waals surface area contributed by atoms with Crippen LogP contribution in [0.1, 0.15) is 25.5 Å². The van der Waals surface area contributed by atoms with Crippen molar-refractivity contribution in [1.82, 2.24) is 5.32 Å². The van der Waals surface area contributed by atoms with E-state index < -0.39 is 0 Å². The van der Waals surface area contributed by atoms with Crippen LogP contribution >= 0.6 is 0 Å². The Kier molecular flexibility index (Phi) is 6.01. The third-order valence-electron chi connectivity index (χ3n) is 2.84. The number of ether oxygens (including phenoxy) is 2. The Morgan fingerprint density at radius 3 is 2.29 bits per heavy atom. The van der Waals surface area contributed by atoms with Gasteiger partial charge in [0, 0.05) is 26.3 Å². The quantitative estimate of drug-likeness (QED) is 0.790. The summed E-state index contributed by atoms with van der Waals surface area (Å²) in [5, 5.41) is 3.50. The van der Waals surface area contributed by atoms with Crippen molar-refractivity contribution < 1.29 is 9.47 Å². The summed E-state index contributed by atoms with van der Waals surface area (Å²) in [6.07, 6.45) is 0. The molecule has 0 amide bonds. The van der Waals surface area contributed by atoms with Crippen LogP contribution in [0, 0.1) is 5.92 Å². The molecule has 2 unspecified atom stereocenters. The predicted molar refractivity (Wildman–Crippen MR) is 70.5 cm³/mol. The average Bonchev–Trinajstić information content (AvgIpc) is 2.36. The lowest BCUT2D eigenvalue weighted by Gasteiger charge is -2.17. The first kappa shape index (κ1) is 14.0. The largest absolute Gasteiger partial charge is 0.497 e. The zero-order valence-corrected chi connectivity index (χ0v) is 11.2. The first-order chi connectivity index (χ1) is 8.17. The van der Waals surface area contributed by atoms with Gasteiger partial charge in [0.15, 0.2) is 0 Å². The van der Waals surface area contributed by atoms with Crippen LogP contribution < -0.4 is 10.1 Å². The number of nitrogens with one attached hydrogen (secondary N) is 1. The first-order valence-corrected chi connectivity index (χ1v) is 6.03. The molecule has 2 atom stereocenters. The Balaban J connectivity index is 2.43. The fraction of sp³-hybridized carbons (Fsp3) is 0.571. The molecule has 0 bridgehead atoms. The maximum atomic E-state index is 5.14. The van der Waals surface area contributed by atoms with Crippen LogP contribution in [0.15, 0.2) is 24.3 Å². The monoisotopic (exact) mass is 237 g/mol. The van der Waals surface area contributed by atoms with Crippen LogP contribution in [0.5, 0.6) is 5.75 Å². The van der Waals surface area contributed by atoms with Gasteiger partial charge in [-0.1, -0.05) is 19.1 Å². The maximum absolute atomic E-state index is 5.14. The lowest BCUT2D eigenvalue weighted by atomic mass is 10.1. The van der Waals surface area contributed by atoms with Gasteiger partial charge in [0.25, 0.3) is 0 Å². The highest BCUT2D eigenvalue weighted by atomic mass is 16.5. The third kappa shape index (κ3) is 4.75. The smallest absolute Gasteiger partial charge is 0.118 e. The Morgan fingerprint density at radius 2 is 1.76 bits per heavy atom. The molecule has 0 aliphatic carbocycles. The molecule has 1 N–H and O–H groups in total. The number of hydrogen-bond donors (Lipinski definition) is 1. The van der Waals surface area contributed by atoms with Crippen LogP contribution in [0.3, 0.4) is 0 Å². The van der Waals surface area contributed by atoms with Crippen LogP contribution in [0.4, 0.5) is 0 Å². The molecule has 17 heavy (non-hydrogen) atoms. The van der Waals surface area contributed by atoms with Gasteiger partial charge in [0.2, 0.25) is 0 Å². The van der Waals surface area contributed by atoms with Crippen molar-refractivity contribution >= 4 is 0 Å². The molecule has 3 heteroatoms. The number of hydrogen-bond acceptors (Lipinski definition) is 3. The van der Waals surface area contributed by atoms with Crippen LogP contribution in [-0.4, -0.2) is 27.4 Å². The van der Waals surface area contributed by atoms with Gasteiger partial charge in [-0.25, -0.2) is 0 Å². The van der Waals surface area contributed by atoms with E-state index in [1.165, 1.54) is 5.56 Å². The van der Waals surface area contributed by atoms with Crippen molar-refractivity contribution in [1.29, 1.82) is 0 Å². The Morgan fingerprint density at radius 1 is 1.12 bits per heavy atom. The Labute approximate surface area is 104 Å². The Hall–Kier alpha value is -1.06. The van der Waals surface area contributed by atoms with Gasteiger partial charge in [0.1, 0.15) is 5.75 Å². The summed E-state index contributed by atoms with van der Waals surface area (Å²) in [7, 11) is 3.42. The summed E-state index contributed by atoms with van der Waals surface area (Å²) in [5.41, 5.74) is 1.27. The molecule has 0 heterocycles. The van der Waals surface area contributed by atoms with Crippen molar-refractivity contribution in [2.75, 3.05) is 27.4 Å². The summed E-state index contributed by atoms with van der Waals surface area (Å²) >= 11 is 0. The second kappa shape index (κ2) is 7.30. The van der Waals surface area contributed by atoms with Crippen molar-refractivity contribution in [3.63, 3.8) is 0 Å². The van der Waals surface area contributed by atoms with Gasteiger partial charge in [-0.15, -0.1) is 0 Å². The molecule has 96 valence electrons. The van der Waals surface area contributed by atoms with Gasteiger partial charge in [-0.2, -0.15) is 0 Å². The minimum atomic E-state index is 0.347. The highest BCUT2D eigenvalue weighted by Crippen LogP contribution is 2.17. The third-order valence-corrected chi connectivity index (χ3v) is 2.84. The highest BCUT2D eigenvalue weighted by molar-refractivity contribution is 5.28. The lowest BCUT2D eigenvalue weighted by molar-refractivity contribution is 0.157. The average molecular weight is 237 g/mol. The van der Waals surface area contributed by atoms with E-state index in [0.717, 1.165) is 18.9 Å². The van der Waals surface area contributed by atoms with E-state index in [0.29, 0.717) is 12.0 Å². The standard InChI is InChI=1S/C14H23NO2/c1-11(10-16-3)9-15-12(2)13-5-7-14(17-4)8-6-13/h5-8,11-12,15H,9-10H2,1-4H3. The lowest BCUT2D eigenvalue weighted by Crippen LogP contribution is -2.26. The molecule has 1 aromatic carbocycles. The molecule has 0 saturated heterocycles. The van der Waals surface area contributed by atoms with Gasteiger partial charge < -0.3 is 14.8 Å². The molecule has 3 nitrogen and oxygen atoms in total. The highest BCUT2D eigenvalue weighted by Gasteiger charge is 2.07. The zero-order valence-electron chi connectivity index (χ0n) is 11.2. The number of rotatable bonds is 7. The summed E-state index contributed by atoms with van der Waals surface area (Å²) in [5.74, 6) is 1.43. The molecule has 0 aromatic heterocycles. The fourth-order valence-electron chi connectivity index (χ4n) is 1.73. The summed E-state index contributed by atoms with van der Waals surface area (Å²) < 4.78 is 10.3. The minimum absolute atomic E-state index is 0.347. The van der Waals surface area contributed by atoms with E-state index in [2.05, 4.69) is 31.3 Å². The molecule has 1 rings (SSSR count). The van der Waals surface area contributed by atoms with Crippen LogP contribution in [0.2, 0.25) is 0 Å². The number of benzene rings is 1. The van der Waals surface area contributed by atoms with E-state index in [-0.39, 0.29) is 0 Å². The van der Waals surface area contributed by atoms with E-state index >= 15 is 0 Å². The molecular formula is C14H23NO2. The second-order valence-electron chi connectivity index (χ2n) is 4.46. The van der Waals surface area contributed by atoms with Gasteiger partial charge in [-0.05, 0) is 30.5 Å². The van der Waals surface area contributed by atoms with E-state index in [1.807, 2.05) is 12.1 Å². The molecule has 0 radical (unpaired) electrons. The molecule has 0 aliphatic rings. The predicted octanol–water partition coefficient (Wildman–Crippen LogP) is 2.63. The van der Waals surface area contributed by atoms with Gasteiger partial charge in [0.05, 0.1) is 7.11 Å². The molecular weight excluding hydrogens is 214 g/mol. The molecule has 0 saturated carbocycles. The molecule has 0 aliphatic heterocycles. The van der Waals surface area contributed by atoms with E-state index in [1.54, 1.807) is 14.2 Å². The fourth-order valence-corrected chi connectivity index (χ4v) is 1.73. The van der Waals surface area contributed by atoms with Crippen molar-refractivity contribution in [2.45, 2.75) is 19.9 Å². The topological polar surface area (TPSA) is 30.5 Å². The molecule has 0 spiro atoms. The van der Waals surface area contributed by atoms with Crippen LogP contribution in [0.25, 0.3) is 0 Å². The maximum Gasteiger partial charge on any atom is 0.118 e. The van der Waals surface area contributed by atoms with Crippen molar-refractivity contribution in [2.24, 2.45) is 5.92 Å². The summed E-state index contributed by atoms with van der Waals surface area (Å²) in [6, 6.07) is 8.52. The second-order valence-corrected chi connectivity index (χ2v) is 4.46. The minimum Gasteiger partial charge on any atom is -0.497 e. The Bertz CT molecular complexity index is 311.